The second-order valence-electron chi connectivity index (χ2n) is 5.69. The van der Waals surface area contributed by atoms with Crippen LogP contribution in [0.4, 0.5) is 0 Å². The SMILES string of the molecule is Cn1cc([C@H](NC(=O)c2ccc(O)cn2)C2CC(O)C2)cn1. The topological polar surface area (TPSA) is 100 Å². The van der Waals surface area contributed by atoms with Crippen molar-refractivity contribution in [2.75, 3.05) is 0 Å². The van der Waals surface area contributed by atoms with E-state index in [1.54, 1.807) is 10.9 Å². The van der Waals surface area contributed by atoms with Crippen LogP contribution in [0.5, 0.6) is 5.75 Å². The molecule has 2 aromatic heterocycles. The summed E-state index contributed by atoms with van der Waals surface area (Å²) >= 11 is 0. The highest BCUT2D eigenvalue weighted by molar-refractivity contribution is 5.92. The summed E-state index contributed by atoms with van der Waals surface area (Å²) in [6, 6.07) is 2.69. The highest BCUT2D eigenvalue weighted by Gasteiger charge is 2.36. The standard InChI is InChI=1S/C15H18N4O3/c1-19-8-10(6-17-19)14(9-4-12(21)5-9)18-15(22)13-3-2-11(20)7-16-13/h2-3,6-9,12,14,20-21H,4-5H2,1H3,(H,18,22)/t9?,12?,14-/m1/s1. The van der Waals surface area contributed by atoms with Gasteiger partial charge in [-0.05, 0) is 30.9 Å². The Morgan fingerprint density at radius 1 is 1.41 bits per heavy atom. The molecule has 1 aliphatic carbocycles. The van der Waals surface area contributed by atoms with Crippen molar-refractivity contribution in [2.24, 2.45) is 13.0 Å². The molecule has 1 fully saturated rings. The first-order valence-electron chi connectivity index (χ1n) is 7.15. The average Bonchev–Trinajstić information content (AvgIpc) is 2.89. The van der Waals surface area contributed by atoms with Gasteiger partial charge < -0.3 is 15.5 Å². The van der Waals surface area contributed by atoms with E-state index in [1.165, 1.54) is 18.3 Å². The van der Waals surface area contributed by atoms with E-state index in [0.29, 0.717) is 12.8 Å². The number of aromatic nitrogens is 3. The van der Waals surface area contributed by atoms with Crippen LogP contribution in [0.2, 0.25) is 0 Å². The predicted octanol–water partition coefficient (Wildman–Crippen LogP) is 0.763. The fourth-order valence-electron chi connectivity index (χ4n) is 2.71. The number of hydrogen-bond acceptors (Lipinski definition) is 5. The molecule has 1 amide bonds. The largest absolute Gasteiger partial charge is 0.506 e. The Morgan fingerprint density at radius 3 is 2.73 bits per heavy atom. The molecule has 1 aliphatic rings. The molecule has 0 bridgehead atoms. The van der Waals surface area contributed by atoms with E-state index in [1.807, 2.05) is 13.2 Å². The third kappa shape index (κ3) is 2.94. The Kier molecular flexibility index (Phi) is 3.81. The Labute approximate surface area is 127 Å². The molecule has 2 heterocycles. The molecule has 2 aromatic rings. The molecule has 0 spiro atoms. The van der Waals surface area contributed by atoms with Crippen LogP contribution < -0.4 is 5.32 Å². The van der Waals surface area contributed by atoms with Crippen molar-refractivity contribution < 1.29 is 15.0 Å². The first kappa shape index (κ1) is 14.5. The molecule has 3 N–H and O–H groups in total. The molecule has 0 radical (unpaired) electrons. The molecule has 0 aliphatic heterocycles. The average molecular weight is 302 g/mol. The molecule has 7 heteroatoms. The van der Waals surface area contributed by atoms with Crippen LogP contribution in [0.3, 0.4) is 0 Å². The number of aliphatic hydroxyl groups is 1. The van der Waals surface area contributed by atoms with Crippen molar-refractivity contribution in [2.45, 2.75) is 25.0 Å². The lowest BCUT2D eigenvalue weighted by Gasteiger charge is -2.37. The van der Waals surface area contributed by atoms with Crippen molar-refractivity contribution in [3.63, 3.8) is 0 Å². The lowest BCUT2D eigenvalue weighted by atomic mass is 9.75. The fourth-order valence-corrected chi connectivity index (χ4v) is 2.71. The number of carbonyl (C=O) groups excluding carboxylic acids is 1. The van der Waals surface area contributed by atoms with E-state index in [0.717, 1.165) is 5.56 Å². The lowest BCUT2D eigenvalue weighted by molar-refractivity contribution is 0.0234. The Balaban J connectivity index is 1.77. The lowest BCUT2D eigenvalue weighted by Crippen LogP contribution is -2.41. The summed E-state index contributed by atoms with van der Waals surface area (Å²) in [5, 5.41) is 25.9. The molecule has 1 atom stereocenters. The molecule has 7 nitrogen and oxygen atoms in total. The van der Waals surface area contributed by atoms with Gasteiger partial charge in [-0.15, -0.1) is 0 Å². The van der Waals surface area contributed by atoms with Crippen molar-refractivity contribution >= 4 is 5.91 Å². The third-order valence-corrected chi connectivity index (χ3v) is 3.97. The summed E-state index contributed by atoms with van der Waals surface area (Å²) in [5.74, 6) is -0.113. The summed E-state index contributed by atoms with van der Waals surface area (Å²) in [4.78, 5) is 16.2. The van der Waals surface area contributed by atoms with Gasteiger partial charge in [0.1, 0.15) is 11.4 Å². The minimum absolute atomic E-state index is 0.0162. The number of carbonyl (C=O) groups is 1. The normalized spacial score (nSPS) is 21.9. The van der Waals surface area contributed by atoms with Gasteiger partial charge in [0.2, 0.25) is 0 Å². The summed E-state index contributed by atoms with van der Waals surface area (Å²) < 4.78 is 1.68. The van der Waals surface area contributed by atoms with Crippen LogP contribution in [-0.4, -0.2) is 37.0 Å². The van der Waals surface area contributed by atoms with Gasteiger partial charge in [-0.1, -0.05) is 0 Å². The smallest absolute Gasteiger partial charge is 0.270 e. The fraction of sp³-hybridized carbons (Fsp3) is 0.400. The first-order valence-corrected chi connectivity index (χ1v) is 7.15. The maximum Gasteiger partial charge on any atom is 0.270 e. The molecule has 0 unspecified atom stereocenters. The van der Waals surface area contributed by atoms with Crippen LogP contribution in [0, 0.1) is 5.92 Å². The zero-order valence-electron chi connectivity index (χ0n) is 12.2. The first-order chi connectivity index (χ1) is 10.5. The van der Waals surface area contributed by atoms with Gasteiger partial charge in [0.15, 0.2) is 0 Å². The predicted molar refractivity (Wildman–Crippen MR) is 78.0 cm³/mol. The van der Waals surface area contributed by atoms with E-state index in [-0.39, 0.29) is 35.4 Å². The molecule has 116 valence electrons. The Bertz CT molecular complexity index is 662. The number of amides is 1. The van der Waals surface area contributed by atoms with Gasteiger partial charge in [0, 0.05) is 18.8 Å². The van der Waals surface area contributed by atoms with Crippen LogP contribution in [-0.2, 0) is 7.05 Å². The summed E-state index contributed by atoms with van der Waals surface area (Å²) in [5.41, 5.74) is 1.15. The third-order valence-electron chi connectivity index (χ3n) is 3.97. The highest BCUT2D eigenvalue weighted by atomic mass is 16.3. The summed E-state index contributed by atoms with van der Waals surface area (Å²) in [6.07, 6.45) is 5.83. The number of aromatic hydroxyl groups is 1. The molecule has 3 rings (SSSR count). The molecule has 22 heavy (non-hydrogen) atoms. The summed E-state index contributed by atoms with van der Waals surface area (Å²) in [6.45, 7) is 0. The van der Waals surface area contributed by atoms with Crippen LogP contribution in [0.1, 0.15) is 34.9 Å². The number of aryl methyl sites for hydroxylation is 1. The van der Waals surface area contributed by atoms with E-state index in [4.69, 9.17) is 0 Å². The number of nitrogens with zero attached hydrogens (tertiary/aromatic N) is 3. The van der Waals surface area contributed by atoms with E-state index in [9.17, 15) is 15.0 Å². The van der Waals surface area contributed by atoms with Gasteiger partial charge in [-0.25, -0.2) is 4.98 Å². The number of rotatable bonds is 4. The van der Waals surface area contributed by atoms with Gasteiger partial charge in [-0.3, -0.25) is 9.48 Å². The molecular formula is C15H18N4O3. The minimum Gasteiger partial charge on any atom is -0.506 e. The van der Waals surface area contributed by atoms with Crippen molar-refractivity contribution in [1.29, 1.82) is 0 Å². The molecule has 0 saturated heterocycles. The Morgan fingerprint density at radius 2 is 2.18 bits per heavy atom. The van der Waals surface area contributed by atoms with Gasteiger partial charge in [0.25, 0.3) is 5.91 Å². The summed E-state index contributed by atoms with van der Waals surface area (Å²) in [7, 11) is 1.82. The van der Waals surface area contributed by atoms with E-state index < -0.39 is 0 Å². The monoisotopic (exact) mass is 302 g/mol. The van der Waals surface area contributed by atoms with Crippen LogP contribution in [0.15, 0.2) is 30.7 Å². The number of pyridine rings is 1. The number of hydrogen-bond donors (Lipinski definition) is 3. The minimum atomic E-state index is -0.310. The number of aliphatic hydroxyl groups excluding tert-OH is 1. The van der Waals surface area contributed by atoms with E-state index >= 15 is 0 Å². The highest BCUT2D eigenvalue weighted by Crippen LogP contribution is 2.38. The van der Waals surface area contributed by atoms with Crippen molar-refractivity contribution in [3.8, 4) is 5.75 Å². The maximum absolute atomic E-state index is 12.3. The molecular weight excluding hydrogens is 284 g/mol. The van der Waals surface area contributed by atoms with Crippen LogP contribution >= 0.6 is 0 Å². The van der Waals surface area contributed by atoms with Gasteiger partial charge in [0.05, 0.1) is 24.5 Å². The van der Waals surface area contributed by atoms with Gasteiger partial charge in [-0.2, -0.15) is 5.10 Å². The van der Waals surface area contributed by atoms with Gasteiger partial charge >= 0.3 is 0 Å². The zero-order chi connectivity index (χ0) is 15.7. The second-order valence-corrected chi connectivity index (χ2v) is 5.69. The maximum atomic E-state index is 12.3. The number of nitrogens with one attached hydrogen (secondary N) is 1. The van der Waals surface area contributed by atoms with Crippen LogP contribution in [0.25, 0.3) is 0 Å². The van der Waals surface area contributed by atoms with Crippen molar-refractivity contribution in [1.82, 2.24) is 20.1 Å². The zero-order valence-corrected chi connectivity index (χ0v) is 12.2. The molecule has 0 aromatic carbocycles. The second kappa shape index (κ2) is 5.76. The Hall–Kier alpha value is -2.41. The van der Waals surface area contributed by atoms with E-state index in [2.05, 4.69) is 15.4 Å². The van der Waals surface area contributed by atoms with Crippen molar-refractivity contribution in [3.05, 3.63) is 42.0 Å². The molecule has 1 saturated carbocycles. The quantitative estimate of drug-likeness (QED) is 0.774.